The number of Topliss-reactive ketones (excluding diaryl/α,β-unsaturated/α-hetero) is 1. The Balaban J connectivity index is 2.42. The summed E-state index contributed by atoms with van der Waals surface area (Å²) in [4.78, 5) is 26.9. The monoisotopic (exact) mass is 221 g/mol. The van der Waals surface area contributed by atoms with E-state index in [0.29, 0.717) is 11.6 Å². The van der Waals surface area contributed by atoms with Gasteiger partial charge in [0.25, 0.3) is 0 Å². The van der Waals surface area contributed by atoms with E-state index in [1.807, 2.05) is 0 Å². The van der Waals surface area contributed by atoms with Gasteiger partial charge in [-0.15, -0.1) is 0 Å². The Morgan fingerprint density at radius 1 is 1.62 bits per heavy atom. The fourth-order valence-corrected chi connectivity index (χ4v) is 1.58. The van der Waals surface area contributed by atoms with Crippen molar-refractivity contribution in [3.63, 3.8) is 0 Å². The fraction of sp³-hybridized carbons (Fsp3) is 0.300. The molecule has 0 spiro atoms. The number of carbonyl (C=O) groups excluding carboxylic acids is 2. The van der Waals surface area contributed by atoms with E-state index in [2.05, 4.69) is 10.3 Å². The number of ether oxygens (including phenoxy) is 1. The number of primary amides is 1. The van der Waals surface area contributed by atoms with Gasteiger partial charge in [0, 0.05) is 12.6 Å². The number of anilines is 1. The van der Waals surface area contributed by atoms with Gasteiger partial charge in [-0.3, -0.25) is 9.59 Å². The number of fused-ring (bicyclic) bond motifs is 1. The van der Waals surface area contributed by atoms with Gasteiger partial charge in [-0.05, 0) is 6.07 Å². The number of methoxy groups -OCH3 is 1. The molecule has 1 unspecified atom stereocenters. The molecule has 2 rings (SSSR count). The van der Waals surface area contributed by atoms with Crippen molar-refractivity contribution in [2.45, 2.75) is 0 Å². The first kappa shape index (κ1) is 10.4. The molecule has 1 aromatic rings. The summed E-state index contributed by atoms with van der Waals surface area (Å²) in [6, 6.07) is 3.33. The number of pyridine rings is 1. The van der Waals surface area contributed by atoms with E-state index in [-0.39, 0.29) is 18.0 Å². The number of ketones is 1. The van der Waals surface area contributed by atoms with Gasteiger partial charge in [-0.25, -0.2) is 4.98 Å². The molecule has 84 valence electrons. The minimum absolute atomic E-state index is 0.203. The van der Waals surface area contributed by atoms with E-state index in [1.165, 1.54) is 7.11 Å². The zero-order valence-electron chi connectivity index (χ0n) is 8.69. The minimum Gasteiger partial charge on any atom is -0.481 e. The number of rotatable bonds is 2. The molecular formula is C10H11N3O3. The molecule has 2 heterocycles. The third-order valence-corrected chi connectivity index (χ3v) is 2.47. The Kier molecular flexibility index (Phi) is 2.47. The molecule has 0 saturated carbocycles. The lowest BCUT2D eigenvalue weighted by molar-refractivity contribution is -0.120. The van der Waals surface area contributed by atoms with Crippen molar-refractivity contribution < 1.29 is 14.3 Å². The van der Waals surface area contributed by atoms with Gasteiger partial charge in [-0.1, -0.05) is 0 Å². The lowest BCUT2D eigenvalue weighted by Gasteiger charge is -2.21. The summed E-state index contributed by atoms with van der Waals surface area (Å²) in [7, 11) is 1.46. The maximum Gasteiger partial charge on any atom is 0.230 e. The predicted octanol–water partition coefficient (Wildman–Crippen LogP) is -0.200. The Morgan fingerprint density at radius 3 is 3.00 bits per heavy atom. The Bertz CT molecular complexity index is 459. The van der Waals surface area contributed by atoms with Crippen LogP contribution in [-0.2, 0) is 4.79 Å². The second-order valence-electron chi connectivity index (χ2n) is 3.45. The first-order chi connectivity index (χ1) is 7.63. The van der Waals surface area contributed by atoms with Crippen LogP contribution in [0.2, 0.25) is 0 Å². The molecule has 3 N–H and O–H groups in total. The second-order valence-corrected chi connectivity index (χ2v) is 3.45. The van der Waals surface area contributed by atoms with E-state index >= 15 is 0 Å². The maximum absolute atomic E-state index is 11.9. The molecule has 6 heteroatoms. The van der Waals surface area contributed by atoms with Crippen molar-refractivity contribution in [2.75, 3.05) is 19.0 Å². The Hall–Kier alpha value is -2.11. The Morgan fingerprint density at radius 2 is 2.38 bits per heavy atom. The van der Waals surface area contributed by atoms with Crippen LogP contribution in [0.5, 0.6) is 5.88 Å². The van der Waals surface area contributed by atoms with Crippen LogP contribution in [0.3, 0.4) is 0 Å². The summed E-state index contributed by atoms with van der Waals surface area (Å²) in [5.74, 6) is -1.53. The molecule has 1 amide bonds. The molecule has 0 aromatic carbocycles. The van der Waals surface area contributed by atoms with Gasteiger partial charge in [0.1, 0.15) is 11.6 Å². The third-order valence-electron chi connectivity index (χ3n) is 2.47. The number of aromatic nitrogens is 1. The SMILES string of the molecule is COc1ccc2c(n1)C(=O)C(C(N)=O)CN2. The van der Waals surface area contributed by atoms with E-state index in [4.69, 9.17) is 10.5 Å². The van der Waals surface area contributed by atoms with Crippen LogP contribution < -0.4 is 15.8 Å². The first-order valence-corrected chi connectivity index (χ1v) is 4.76. The van der Waals surface area contributed by atoms with Crippen molar-refractivity contribution >= 4 is 17.4 Å². The highest BCUT2D eigenvalue weighted by Crippen LogP contribution is 2.25. The zero-order chi connectivity index (χ0) is 11.7. The first-order valence-electron chi connectivity index (χ1n) is 4.76. The van der Waals surface area contributed by atoms with Crippen LogP contribution in [0.4, 0.5) is 5.69 Å². The highest BCUT2D eigenvalue weighted by atomic mass is 16.5. The average molecular weight is 221 g/mol. The van der Waals surface area contributed by atoms with Crippen LogP contribution in [0.25, 0.3) is 0 Å². The number of nitrogens with zero attached hydrogens (tertiary/aromatic N) is 1. The van der Waals surface area contributed by atoms with E-state index in [1.54, 1.807) is 12.1 Å². The number of nitrogens with two attached hydrogens (primary N) is 1. The van der Waals surface area contributed by atoms with Gasteiger partial charge in [-0.2, -0.15) is 0 Å². The van der Waals surface area contributed by atoms with Crippen LogP contribution in [0, 0.1) is 5.92 Å². The lowest BCUT2D eigenvalue weighted by atomic mass is 9.96. The molecule has 0 bridgehead atoms. The molecule has 1 aliphatic rings. The normalized spacial score (nSPS) is 18.6. The molecule has 0 aliphatic carbocycles. The molecule has 1 aliphatic heterocycles. The Labute approximate surface area is 91.8 Å². The summed E-state index contributed by atoms with van der Waals surface area (Å²) in [6.07, 6.45) is 0. The number of hydrogen-bond donors (Lipinski definition) is 2. The second kappa shape index (κ2) is 3.80. The van der Waals surface area contributed by atoms with Gasteiger partial charge in [0.2, 0.25) is 11.8 Å². The smallest absolute Gasteiger partial charge is 0.230 e. The number of carbonyl (C=O) groups is 2. The van der Waals surface area contributed by atoms with Gasteiger partial charge in [0.05, 0.1) is 12.8 Å². The van der Waals surface area contributed by atoms with E-state index < -0.39 is 11.8 Å². The summed E-state index contributed by atoms with van der Waals surface area (Å²) in [5.41, 5.74) is 5.93. The van der Waals surface area contributed by atoms with Crippen molar-refractivity contribution in [2.24, 2.45) is 11.7 Å². The van der Waals surface area contributed by atoms with Crippen LogP contribution >= 0.6 is 0 Å². The highest BCUT2D eigenvalue weighted by molar-refractivity contribution is 6.13. The predicted molar refractivity (Wildman–Crippen MR) is 56.3 cm³/mol. The van der Waals surface area contributed by atoms with Crippen LogP contribution in [-0.4, -0.2) is 30.3 Å². The summed E-state index contributed by atoms with van der Waals surface area (Å²) < 4.78 is 4.92. The number of hydrogen-bond acceptors (Lipinski definition) is 5. The van der Waals surface area contributed by atoms with Crippen molar-refractivity contribution in [1.82, 2.24) is 4.98 Å². The van der Waals surface area contributed by atoms with Gasteiger partial charge in [0.15, 0.2) is 5.78 Å². The molecule has 0 radical (unpaired) electrons. The topological polar surface area (TPSA) is 94.3 Å². The number of nitrogens with one attached hydrogen (secondary N) is 1. The molecule has 1 atom stereocenters. The number of amides is 1. The molecule has 1 aromatic heterocycles. The van der Waals surface area contributed by atoms with Gasteiger partial charge >= 0.3 is 0 Å². The third kappa shape index (κ3) is 1.58. The fourth-order valence-electron chi connectivity index (χ4n) is 1.58. The molecule has 6 nitrogen and oxygen atoms in total. The molecule has 0 fully saturated rings. The van der Waals surface area contributed by atoms with Crippen molar-refractivity contribution in [3.8, 4) is 5.88 Å². The highest BCUT2D eigenvalue weighted by Gasteiger charge is 2.32. The molecule has 16 heavy (non-hydrogen) atoms. The van der Waals surface area contributed by atoms with E-state index in [9.17, 15) is 9.59 Å². The minimum atomic E-state index is -0.855. The summed E-state index contributed by atoms with van der Waals surface area (Å²) in [5, 5.41) is 2.94. The van der Waals surface area contributed by atoms with Gasteiger partial charge < -0.3 is 15.8 Å². The van der Waals surface area contributed by atoms with Crippen molar-refractivity contribution in [3.05, 3.63) is 17.8 Å². The summed E-state index contributed by atoms with van der Waals surface area (Å²) in [6.45, 7) is 0.217. The largest absolute Gasteiger partial charge is 0.481 e. The average Bonchev–Trinajstić information content (AvgIpc) is 2.28. The molecular weight excluding hydrogens is 210 g/mol. The van der Waals surface area contributed by atoms with Crippen LogP contribution in [0.1, 0.15) is 10.5 Å². The quantitative estimate of drug-likeness (QED) is 0.674. The lowest BCUT2D eigenvalue weighted by Crippen LogP contribution is -2.39. The summed E-state index contributed by atoms with van der Waals surface area (Å²) >= 11 is 0. The maximum atomic E-state index is 11.9. The zero-order valence-corrected chi connectivity index (χ0v) is 8.69. The standard InChI is InChI=1S/C10H11N3O3/c1-16-7-3-2-6-8(13-7)9(14)5(4-12-6)10(11)15/h2-3,5,12H,4H2,1H3,(H2,11,15). The van der Waals surface area contributed by atoms with Crippen molar-refractivity contribution in [1.29, 1.82) is 0 Å². The van der Waals surface area contributed by atoms with Crippen LogP contribution in [0.15, 0.2) is 12.1 Å². The van der Waals surface area contributed by atoms with E-state index in [0.717, 1.165) is 0 Å². The molecule has 0 saturated heterocycles.